The lowest BCUT2D eigenvalue weighted by Gasteiger charge is -2.33. The van der Waals surface area contributed by atoms with E-state index in [0.29, 0.717) is 12.8 Å². The van der Waals surface area contributed by atoms with Crippen molar-refractivity contribution in [2.24, 2.45) is 0 Å². The van der Waals surface area contributed by atoms with Crippen molar-refractivity contribution in [3.05, 3.63) is 0 Å². The summed E-state index contributed by atoms with van der Waals surface area (Å²) in [5.41, 5.74) is 0. The Morgan fingerprint density at radius 3 is 1.89 bits per heavy atom. The molecule has 0 N–H and O–H groups in total. The van der Waals surface area contributed by atoms with Gasteiger partial charge in [-0.15, -0.1) is 3.89 Å². The van der Waals surface area contributed by atoms with Crippen molar-refractivity contribution in [3.63, 3.8) is 0 Å². The van der Waals surface area contributed by atoms with Crippen LogP contribution in [0.1, 0.15) is 26.2 Å². The van der Waals surface area contributed by atoms with Gasteiger partial charge in [0.1, 0.15) is 0 Å². The third kappa shape index (κ3) is 0.956. The summed E-state index contributed by atoms with van der Waals surface area (Å²) in [7, 11) is -4.27. The van der Waals surface area contributed by atoms with Crippen LogP contribution < -0.4 is 0 Å². The normalized spacial score (nSPS) is 25.1. The molecule has 0 spiro atoms. The summed E-state index contributed by atoms with van der Waals surface area (Å²) in [6, 6.07) is 0. The van der Waals surface area contributed by atoms with Gasteiger partial charge < -0.3 is 0 Å². The van der Waals surface area contributed by atoms with E-state index in [1.54, 1.807) is 0 Å². The average molecular weight is 152 g/mol. The highest BCUT2D eigenvalue weighted by atomic mass is 32.3. The lowest BCUT2D eigenvalue weighted by Crippen LogP contribution is -2.39. The van der Waals surface area contributed by atoms with Gasteiger partial charge in [0, 0.05) is 0 Å². The van der Waals surface area contributed by atoms with Crippen LogP contribution >= 0.6 is 0 Å². The predicted octanol–water partition coefficient (Wildman–Crippen LogP) is 1.23. The standard InChI is InChI=1S/C5H9FO2S/c1-5(3-2-4-5)9(6,7)8/h2-4H2,1H3. The van der Waals surface area contributed by atoms with E-state index in [1.165, 1.54) is 6.92 Å². The van der Waals surface area contributed by atoms with Gasteiger partial charge in [0.2, 0.25) is 0 Å². The molecule has 1 saturated carbocycles. The SMILES string of the molecule is CC1(S(=O)(=O)F)CCC1. The van der Waals surface area contributed by atoms with Crippen LogP contribution in [0.5, 0.6) is 0 Å². The molecule has 1 fully saturated rings. The Balaban J connectivity index is 2.84. The van der Waals surface area contributed by atoms with Crippen LogP contribution in [0, 0.1) is 0 Å². The molecule has 0 atom stereocenters. The van der Waals surface area contributed by atoms with Gasteiger partial charge in [-0.05, 0) is 19.8 Å². The third-order valence-corrected chi connectivity index (χ3v) is 3.59. The number of rotatable bonds is 1. The second-order valence-electron chi connectivity index (χ2n) is 2.74. The van der Waals surface area contributed by atoms with Gasteiger partial charge >= 0.3 is 10.2 Å². The molecule has 1 aliphatic rings. The quantitative estimate of drug-likeness (QED) is 0.529. The first-order valence-electron chi connectivity index (χ1n) is 2.90. The van der Waals surface area contributed by atoms with Crippen LogP contribution in [0.4, 0.5) is 3.89 Å². The first kappa shape index (κ1) is 6.99. The molecule has 0 heterocycles. The molecule has 54 valence electrons. The van der Waals surface area contributed by atoms with Crippen molar-refractivity contribution in [2.45, 2.75) is 30.9 Å². The Kier molecular flexibility index (Phi) is 1.31. The van der Waals surface area contributed by atoms with E-state index in [0.717, 1.165) is 6.42 Å². The van der Waals surface area contributed by atoms with Gasteiger partial charge in [0.25, 0.3) is 0 Å². The molecule has 0 aliphatic heterocycles. The van der Waals surface area contributed by atoms with E-state index < -0.39 is 15.0 Å². The smallest absolute Gasteiger partial charge is 0.194 e. The second kappa shape index (κ2) is 1.68. The van der Waals surface area contributed by atoms with Crippen molar-refractivity contribution < 1.29 is 12.3 Å². The van der Waals surface area contributed by atoms with E-state index in [2.05, 4.69) is 0 Å². The first-order valence-corrected chi connectivity index (χ1v) is 4.28. The van der Waals surface area contributed by atoms with Gasteiger partial charge in [-0.1, -0.05) is 6.42 Å². The highest BCUT2D eigenvalue weighted by molar-refractivity contribution is 7.87. The summed E-state index contributed by atoms with van der Waals surface area (Å²) in [4.78, 5) is 0. The van der Waals surface area contributed by atoms with E-state index >= 15 is 0 Å². The predicted molar refractivity (Wildman–Crippen MR) is 32.3 cm³/mol. The van der Waals surface area contributed by atoms with Crippen LogP contribution in [0.25, 0.3) is 0 Å². The molecule has 0 bridgehead atoms. The van der Waals surface area contributed by atoms with Gasteiger partial charge in [-0.25, -0.2) is 0 Å². The highest BCUT2D eigenvalue weighted by Crippen LogP contribution is 2.39. The monoisotopic (exact) mass is 152 g/mol. The van der Waals surface area contributed by atoms with Gasteiger partial charge in [0.15, 0.2) is 0 Å². The minimum Gasteiger partial charge on any atom is -0.194 e. The van der Waals surface area contributed by atoms with E-state index in [9.17, 15) is 12.3 Å². The van der Waals surface area contributed by atoms with E-state index in [4.69, 9.17) is 0 Å². The molecule has 0 unspecified atom stereocenters. The maximum Gasteiger partial charge on any atom is 0.307 e. The zero-order valence-electron chi connectivity index (χ0n) is 5.22. The maximum atomic E-state index is 12.2. The molecule has 4 heteroatoms. The van der Waals surface area contributed by atoms with Crippen LogP contribution in [-0.4, -0.2) is 13.2 Å². The van der Waals surface area contributed by atoms with E-state index in [-0.39, 0.29) is 0 Å². The minimum absolute atomic E-state index is 0.478. The molecule has 0 aromatic rings. The Labute approximate surface area is 54.3 Å². The minimum atomic E-state index is -4.27. The first-order chi connectivity index (χ1) is 3.96. The zero-order valence-corrected chi connectivity index (χ0v) is 6.04. The topological polar surface area (TPSA) is 34.1 Å². The molecular weight excluding hydrogens is 143 g/mol. The molecule has 1 aliphatic carbocycles. The molecular formula is C5H9FO2S. The largest absolute Gasteiger partial charge is 0.307 e. The lowest BCUT2D eigenvalue weighted by molar-refractivity contribution is 0.347. The maximum absolute atomic E-state index is 12.2. The molecule has 0 saturated heterocycles. The van der Waals surface area contributed by atoms with Crippen LogP contribution in [0.15, 0.2) is 0 Å². The number of hydrogen-bond donors (Lipinski definition) is 0. The van der Waals surface area contributed by atoms with Crippen molar-refractivity contribution in [1.82, 2.24) is 0 Å². The summed E-state index contributed by atoms with van der Waals surface area (Å²) in [5.74, 6) is 0. The fourth-order valence-electron chi connectivity index (χ4n) is 0.918. The van der Waals surface area contributed by atoms with Crippen LogP contribution in [0.3, 0.4) is 0 Å². The van der Waals surface area contributed by atoms with Crippen LogP contribution in [0.2, 0.25) is 0 Å². The summed E-state index contributed by atoms with van der Waals surface area (Å²) >= 11 is 0. The number of halogens is 1. The fraction of sp³-hybridized carbons (Fsp3) is 1.00. The Hall–Kier alpha value is -0.120. The molecule has 0 amide bonds. The number of hydrogen-bond acceptors (Lipinski definition) is 2. The summed E-state index contributed by atoms with van der Waals surface area (Å²) in [5, 5.41) is 0. The fourth-order valence-corrected chi connectivity index (χ4v) is 1.69. The van der Waals surface area contributed by atoms with Gasteiger partial charge in [-0.3, -0.25) is 0 Å². The molecule has 9 heavy (non-hydrogen) atoms. The molecule has 1 rings (SSSR count). The Bertz CT molecular complexity index is 203. The van der Waals surface area contributed by atoms with Crippen molar-refractivity contribution in [2.75, 3.05) is 0 Å². The van der Waals surface area contributed by atoms with Crippen molar-refractivity contribution in [1.29, 1.82) is 0 Å². The molecule has 0 radical (unpaired) electrons. The Morgan fingerprint density at radius 1 is 1.44 bits per heavy atom. The molecule has 0 aromatic carbocycles. The van der Waals surface area contributed by atoms with Crippen molar-refractivity contribution >= 4 is 10.2 Å². The summed E-state index contributed by atoms with van der Waals surface area (Å²) in [6.07, 6.45) is 1.79. The molecule has 2 nitrogen and oxygen atoms in total. The second-order valence-corrected chi connectivity index (χ2v) is 4.60. The van der Waals surface area contributed by atoms with Crippen LogP contribution in [-0.2, 0) is 10.2 Å². The Morgan fingerprint density at radius 2 is 1.89 bits per heavy atom. The van der Waals surface area contributed by atoms with E-state index in [1.807, 2.05) is 0 Å². The van der Waals surface area contributed by atoms with Gasteiger partial charge in [0.05, 0.1) is 4.75 Å². The summed E-state index contributed by atoms with van der Waals surface area (Å²) in [6.45, 7) is 1.45. The lowest BCUT2D eigenvalue weighted by atomic mass is 9.86. The van der Waals surface area contributed by atoms with Gasteiger partial charge in [-0.2, -0.15) is 8.42 Å². The van der Waals surface area contributed by atoms with Crippen molar-refractivity contribution in [3.8, 4) is 0 Å². The third-order valence-electron chi connectivity index (χ3n) is 2.00. The summed E-state index contributed by atoms with van der Waals surface area (Å²) < 4.78 is 31.7. The highest BCUT2D eigenvalue weighted by Gasteiger charge is 2.44. The zero-order chi connectivity index (χ0) is 7.12. The molecule has 0 aromatic heterocycles. The average Bonchev–Trinajstić information content (AvgIpc) is 1.57.